The van der Waals surface area contributed by atoms with Crippen molar-refractivity contribution >= 4 is 16.7 Å². The van der Waals surface area contributed by atoms with Crippen LogP contribution in [0.15, 0.2) is 42.5 Å². The second kappa shape index (κ2) is 5.84. The fourth-order valence-corrected chi connectivity index (χ4v) is 5.04. The molecule has 3 nitrogen and oxygen atoms in total. The van der Waals surface area contributed by atoms with Crippen LogP contribution in [-0.2, 0) is 4.79 Å². The largest absolute Gasteiger partial charge is 0.342 e. The van der Waals surface area contributed by atoms with Gasteiger partial charge in [-0.05, 0) is 59.9 Å². The van der Waals surface area contributed by atoms with Crippen molar-refractivity contribution in [1.82, 2.24) is 10.2 Å². The molecule has 2 aromatic rings. The highest BCUT2D eigenvalue weighted by Crippen LogP contribution is 2.51. The second-order valence-corrected chi connectivity index (χ2v) is 8.27. The fraction of sp³-hybridized carbons (Fsp3) is 0.500. The lowest BCUT2D eigenvalue weighted by molar-refractivity contribution is -0.134. The molecule has 2 saturated heterocycles. The Morgan fingerprint density at radius 3 is 2.64 bits per heavy atom. The lowest BCUT2D eigenvalue weighted by Crippen LogP contribution is -2.44. The molecule has 0 radical (unpaired) electrons. The van der Waals surface area contributed by atoms with Crippen molar-refractivity contribution in [3.63, 3.8) is 0 Å². The summed E-state index contributed by atoms with van der Waals surface area (Å²) in [4.78, 5) is 15.1. The molecule has 1 N–H and O–H groups in total. The van der Waals surface area contributed by atoms with Gasteiger partial charge in [0.15, 0.2) is 0 Å². The van der Waals surface area contributed by atoms with Crippen LogP contribution in [0.25, 0.3) is 10.8 Å². The van der Waals surface area contributed by atoms with Gasteiger partial charge in [-0.25, -0.2) is 0 Å². The van der Waals surface area contributed by atoms with Crippen LogP contribution in [0.2, 0.25) is 0 Å². The fourth-order valence-electron chi connectivity index (χ4n) is 5.04. The Balaban J connectivity index is 1.29. The van der Waals surface area contributed by atoms with Crippen LogP contribution in [0.4, 0.5) is 0 Å². The summed E-state index contributed by atoms with van der Waals surface area (Å²) in [5.41, 5.74) is 1.85. The Morgan fingerprint density at radius 2 is 1.84 bits per heavy atom. The zero-order valence-corrected chi connectivity index (χ0v) is 14.7. The number of carbonyl (C=O) groups excluding carboxylic acids is 1. The first kappa shape index (κ1) is 15.4. The number of hydrogen-bond acceptors (Lipinski definition) is 2. The molecule has 130 valence electrons. The molecular formula is C22H26N2O. The Morgan fingerprint density at radius 1 is 1.04 bits per heavy atom. The van der Waals surface area contributed by atoms with Gasteiger partial charge in [0.25, 0.3) is 0 Å². The molecule has 0 aromatic heterocycles. The van der Waals surface area contributed by atoms with Gasteiger partial charge in [0.05, 0.1) is 0 Å². The van der Waals surface area contributed by atoms with Gasteiger partial charge in [-0.15, -0.1) is 0 Å². The van der Waals surface area contributed by atoms with Crippen LogP contribution in [0.3, 0.4) is 0 Å². The summed E-state index contributed by atoms with van der Waals surface area (Å²) in [5.74, 6) is 1.03. The van der Waals surface area contributed by atoms with Gasteiger partial charge in [-0.2, -0.15) is 0 Å². The number of amides is 1. The van der Waals surface area contributed by atoms with Gasteiger partial charge in [0, 0.05) is 25.6 Å². The van der Waals surface area contributed by atoms with Crippen molar-refractivity contribution in [3.8, 4) is 0 Å². The third-order valence-electron chi connectivity index (χ3n) is 6.80. The van der Waals surface area contributed by atoms with Crippen molar-refractivity contribution in [3.05, 3.63) is 48.0 Å². The average molecular weight is 334 g/mol. The Bertz CT molecular complexity index is 793. The summed E-state index contributed by atoms with van der Waals surface area (Å²) >= 11 is 0. The van der Waals surface area contributed by atoms with Crippen molar-refractivity contribution < 1.29 is 4.79 Å². The summed E-state index contributed by atoms with van der Waals surface area (Å²) in [6.45, 7) is 4.22. The lowest BCUT2D eigenvalue weighted by atomic mass is 9.78. The van der Waals surface area contributed by atoms with E-state index in [4.69, 9.17) is 0 Å². The van der Waals surface area contributed by atoms with Crippen LogP contribution in [0.5, 0.6) is 0 Å². The van der Waals surface area contributed by atoms with Crippen LogP contribution in [0.1, 0.15) is 37.2 Å². The molecule has 1 amide bonds. The highest BCUT2D eigenvalue weighted by molar-refractivity contribution is 5.89. The summed E-state index contributed by atoms with van der Waals surface area (Å²) in [7, 11) is 0. The normalized spacial score (nSPS) is 27.8. The van der Waals surface area contributed by atoms with Crippen LogP contribution >= 0.6 is 0 Å². The minimum Gasteiger partial charge on any atom is -0.342 e. The van der Waals surface area contributed by atoms with E-state index in [0.29, 0.717) is 17.2 Å². The highest BCUT2D eigenvalue weighted by Gasteiger charge is 2.48. The minimum absolute atomic E-state index is 0.210. The molecule has 0 bridgehead atoms. The van der Waals surface area contributed by atoms with E-state index in [-0.39, 0.29) is 5.92 Å². The van der Waals surface area contributed by atoms with Crippen LogP contribution < -0.4 is 5.32 Å². The topological polar surface area (TPSA) is 32.3 Å². The number of likely N-dealkylation sites (tertiary alicyclic amines) is 1. The zero-order valence-electron chi connectivity index (χ0n) is 14.7. The average Bonchev–Trinajstić information content (AvgIpc) is 3.34. The van der Waals surface area contributed by atoms with Crippen LogP contribution in [0, 0.1) is 11.3 Å². The summed E-state index contributed by atoms with van der Waals surface area (Å²) in [6.07, 6.45) is 4.67. The standard InChI is InChI=1S/C22H26N2O/c25-21(24-12-9-22(10-13-24)8-11-23-15-22)20-14-19(20)18-7-3-5-16-4-1-2-6-17(16)18/h1-7,19-20,23H,8-15H2. The number of rotatable bonds is 2. The molecule has 1 spiro atoms. The van der Waals surface area contributed by atoms with E-state index in [0.717, 1.165) is 32.6 Å². The SMILES string of the molecule is O=C(C1CC1c1cccc2ccccc12)N1CCC2(CCNC2)CC1. The Labute approximate surface area is 149 Å². The summed E-state index contributed by atoms with van der Waals surface area (Å²) < 4.78 is 0. The quantitative estimate of drug-likeness (QED) is 0.911. The number of piperidine rings is 1. The third kappa shape index (κ3) is 2.65. The van der Waals surface area contributed by atoms with E-state index in [1.807, 2.05) is 0 Å². The molecular weight excluding hydrogens is 308 g/mol. The number of hydrogen-bond donors (Lipinski definition) is 1. The molecule has 1 saturated carbocycles. The first-order valence-corrected chi connectivity index (χ1v) is 9.73. The van der Waals surface area contributed by atoms with Gasteiger partial charge in [0.2, 0.25) is 5.91 Å². The van der Waals surface area contributed by atoms with Gasteiger partial charge in [-0.1, -0.05) is 42.5 Å². The maximum absolute atomic E-state index is 13.0. The molecule has 3 aliphatic rings. The summed E-state index contributed by atoms with van der Waals surface area (Å²) in [5, 5.41) is 6.11. The first-order chi connectivity index (χ1) is 12.3. The molecule has 2 heterocycles. The van der Waals surface area contributed by atoms with Crippen LogP contribution in [-0.4, -0.2) is 37.0 Å². The number of nitrogens with one attached hydrogen (secondary N) is 1. The second-order valence-electron chi connectivity index (χ2n) is 8.27. The van der Waals surface area contributed by atoms with Gasteiger partial charge in [-0.3, -0.25) is 4.79 Å². The lowest BCUT2D eigenvalue weighted by Gasteiger charge is -2.39. The molecule has 2 atom stereocenters. The Kier molecular flexibility index (Phi) is 3.60. The molecule has 25 heavy (non-hydrogen) atoms. The number of benzene rings is 2. The molecule has 2 aliphatic heterocycles. The zero-order chi connectivity index (χ0) is 16.9. The monoisotopic (exact) mass is 334 g/mol. The summed E-state index contributed by atoms with van der Waals surface area (Å²) in [6, 6.07) is 15.1. The Hall–Kier alpha value is -1.87. The van der Waals surface area contributed by atoms with Crippen molar-refractivity contribution in [2.24, 2.45) is 11.3 Å². The van der Waals surface area contributed by atoms with E-state index in [9.17, 15) is 4.79 Å². The van der Waals surface area contributed by atoms with E-state index < -0.39 is 0 Å². The van der Waals surface area contributed by atoms with Gasteiger partial charge < -0.3 is 10.2 Å². The smallest absolute Gasteiger partial charge is 0.226 e. The number of carbonyl (C=O) groups is 1. The molecule has 1 aliphatic carbocycles. The van der Waals surface area contributed by atoms with E-state index in [1.165, 1.54) is 35.6 Å². The first-order valence-electron chi connectivity index (χ1n) is 9.73. The third-order valence-corrected chi connectivity index (χ3v) is 6.80. The minimum atomic E-state index is 0.210. The molecule has 2 unspecified atom stereocenters. The van der Waals surface area contributed by atoms with E-state index >= 15 is 0 Å². The van der Waals surface area contributed by atoms with Crippen molar-refractivity contribution in [2.45, 2.75) is 31.6 Å². The molecule has 3 fully saturated rings. The number of nitrogens with zero attached hydrogens (tertiary/aromatic N) is 1. The molecule has 3 heteroatoms. The van der Waals surface area contributed by atoms with Crippen molar-refractivity contribution in [1.29, 1.82) is 0 Å². The maximum atomic E-state index is 13.0. The van der Waals surface area contributed by atoms with Crippen molar-refractivity contribution in [2.75, 3.05) is 26.2 Å². The highest BCUT2D eigenvalue weighted by atomic mass is 16.2. The molecule has 5 rings (SSSR count). The van der Waals surface area contributed by atoms with Gasteiger partial charge in [0.1, 0.15) is 0 Å². The maximum Gasteiger partial charge on any atom is 0.226 e. The predicted octanol–water partition coefficient (Wildman–Crippen LogP) is 3.55. The number of fused-ring (bicyclic) bond motifs is 1. The van der Waals surface area contributed by atoms with Gasteiger partial charge >= 0.3 is 0 Å². The molecule has 2 aromatic carbocycles. The van der Waals surface area contributed by atoms with E-state index in [1.54, 1.807) is 0 Å². The van der Waals surface area contributed by atoms with E-state index in [2.05, 4.69) is 52.7 Å². The predicted molar refractivity (Wildman–Crippen MR) is 101 cm³/mol.